The molecule has 0 amide bonds. The number of allylic oxidation sites excluding steroid dienone is 2. The fourth-order valence-corrected chi connectivity index (χ4v) is 2.06. The molecule has 2 atom stereocenters. The van der Waals surface area contributed by atoms with Crippen molar-refractivity contribution < 1.29 is 0 Å². The molecule has 2 unspecified atom stereocenters. The van der Waals surface area contributed by atoms with Gasteiger partial charge in [0.15, 0.2) is 0 Å². The SMILES string of the molecule is CCC(C)C=C(C)CCCC#CCCCC(C)CC. The van der Waals surface area contributed by atoms with Crippen LogP contribution in [0.4, 0.5) is 0 Å². The molecular weight excluding hydrogens is 228 g/mol. The third-order valence-electron chi connectivity index (χ3n) is 3.91. The molecule has 0 fully saturated rings. The third kappa shape index (κ3) is 12.1. The first-order chi connectivity index (χ1) is 9.10. The Hall–Kier alpha value is -0.700. The minimum Gasteiger partial charge on any atom is -0.103 e. The highest BCUT2D eigenvalue weighted by atomic mass is 14.0. The van der Waals surface area contributed by atoms with Crippen LogP contribution < -0.4 is 0 Å². The molecule has 0 N–H and O–H groups in total. The molecule has 0 aliphatic heterocycles. The molecule has 0 aromatic heterocycles. The Morgan fingerprint density at radius 1 is 1.00 bits per heavy atom. The molecule has 0 aromatic rings. The summed E-state index contributed by atoms with van der Waals surface area (Å²) >= 11 is 0. The van der Waals surface area contributed by atoms with E-state index in [4.69, 9.17) is 0 Å². The van der Waals surface area contributed by atoms with Gasteiger partial charge in [-0.15, -0.1) is 11.8 Å². The average Bonchev–Trinajstić information content (AvgIpc) is 2.41. The highest BCUT2D eigenvalue weighted by molar-refractivity contribution is 5.03. The zero-order chi connectivity index (χ0) is 14.5. The summed E-state index contributed by atoms with van der Waals surface area (Å²) < 4.78 is 0. The van der Waals surface area contributed by atoms with E-state index < -0.39 is 0 Å². The van der Waals surface area contributed by atoms with Crippen molar-refractivity contribution in [2.75, 3.05) is 0 Å². The van der Waals surface area contributed by atoms with E-state index in [9.17, 15) is 0 Å². The Morgan fingerprint density at radius 3 is 2.21 bits per heavy atom. The molecule has 0 aliphatic rings. The van der Waals surface area contributed by atoms with E-state index in [1.807, 2.05) is 0 Å². The van der Waals surface area contributed by atoms with E-state index >= 15 is 0 Å². The van der Waals surface area contributed by atoms with Crippen molar-refractivity contribution >= 4 is 0 Å². The van der Waals surface area contributed by atoms with Crippen LogP contribution in [0.2, 0.25) is 0 Å². The second-order valence-electron chi connectivity index (χ2n) is 6.01. The number of hydrogen-bond donors (Lipinski definition) is 0. The van der Waals surface area contributed by atoms with Gasteiger partial charge in [-0.2, -0.15) is 0 Å². The van der Waals surface area contributed by atoms with Gasteiger partial charge in [-0.05, 0) is 44.4 Å². The molecular formula is C19H34. The summed E-state index contributed by atoms with van der Waals surface area (Å²) in [6, 6.07) is 0. The Balaban J connectivity index is 3.57. The standard InChI is InChI=1S/C19H34/c1-6-17(3)14-12-10-8-9-11-13-15-19(5)16-18(4)7-2/h16-18H,6-7,10-15H2,1-5H3. The summed E-state index contributed by atoms with van der Waals surface area (Å²) in [7, 11) is 0. The fourth-order valence-electron chi connectivity index (χ4n) is 2.06. The molecule has 110 valence electrons. The summed E-state index contributed by atoms with van der Waals surface area (Å²) in [6.45, 7) is 11.4. The molecule has 0 aromatic carbocycles. The van der Waals surface area contributed by atoms with Crippen molar-refractivity contribution in [2.45, 2.75) is 86.0 Å². The fraction of sp³-hybridized carbons (Fsp3) is 0.789. The van der Waals surface area contributed by atoms with Crippen molar-refractivity contribution in [3.05, 3.63) is 11.6 Å². The lowest BCUT2D eigenvalue weighted by atomic mass is 10.0. The lowest BCUT2D eigenvalue weighted by Crippen LogP contribution is -1.90. The van der Waals surface area contributed by atoms with Crippen LogP contribution in [0.1, 0.15) is 86.0 Å². The smallest absolute Gasteiger partial charge is 0.00917 e. The normalized spacial score (nSPS) is 14.7. The van der Waals surface area contributed by atoms with Gasteiger partial charge in [0.25, 0.3) is 0 Å². The van der Waals surface area contributed by atoms with Gasteiger partial charge in [-0.3, -0.25) is 0 Å². The molecule has 0 heteroatoms. The van der Waals surface area contributed by atoms with E-state index in [-0.39, 0.29) is 0 Å². The topological polar surface area (TPSA) is 0 Å². The van der Waals surface area contributed by atoms with Crippen molar-refractivity contribution in [1.29, 1.82) is 0 Å². The van der Waals surface area contributed by atoms with Crippen LogP contribution >= 0.6 is 0 Å². The first-order valence-electron chi connectivity index (χ1n) is 8.23. The van der Waals surface area contributed by atoms with Crippen LogP contribution in [0.3, 0.4) is 0 Å². The average molecular weight is 262 g/mol. The molecule has 0 radical (unpaired) electrons. The quantitative estimate of drug-likeness (QED) is 0.257. The molecule has 0 bridgehead atoms. The van der Waals surface area contributed by atoms with Crippen molar-refractivity contribution in [2.24, 2.45) is 11.8 Å². The second kappa shape index (κ2) is 12.3. The van der Waals surface area contributed by atoms with Gasteiger partial charge in [0.05, 0.1) is 0 Å². The van der Waals surface area contributed by atoms with Gasteiger partial charge in [0, 0.05) is 12.8 Å². The highest BCUT2D eigenvalue weighted by Crippen LogP contribution is 2.12. The summed E-state index contributed by atoms with van der Waals surface area (Å²) in [4.78, 5) is 0. The number of rotatable bonds is 9. The maximum Gasteiger partial charge on any atom is 0.00917 e. The first kappa shape index (κ1) is 18.3. The van der Waals surface area contributed by atoms with Crippen LogP contribution in [-0.2, 0) is 0 Å². The van der Waals surface area contributed by atoms with E-state index in [2.05, 4.69) is 52.5 Å². The van der Waals surface area contributed by atoms with Gasteiger partial charge in [-0.1, -0.05) is 52.2 Å². The van der Waals surface area contributed by atoms with Crippen LogP contribution in [0.5, 0.6) is 0 Å². The molecule has 0 nitrogen and oxygen atoms in total. The zero-order valence-corrected chi connectivity index (χ0v) is 13.9. The maximum absolute atomic E-state index is 3.32. The first-order valence-corrected chi connectivity index (χ1v) is 8.23. The Bertz CT molecular complexity index is 287. The van der Waals surface area contributed by atoms with Gasteiger partial charge in [0.1, 0.15) is 0 Å². The van der Waals surface area contributed by atoms with Crippen LogP contribution in [0.15, 0.2) is 11.6 Å². The molecule has 0 rings (SSSR count). The van der Waals surface area contributed by atoms with Crippen LogP contribution in [0.25, 0.3) is 0 Å². The summed E-state index contributed by atoms with van der Waals surface area (Å²) in [5.41, 5.74) is 1.54. The lowest BCUT2D eigenvalue weighted by molar-refractivity contribution is 0.500. The van der Waals surface area contributed by atoms with Crippen LogP contribution in [0, 0.1) is 23.7 Å². The van der Waals surface area contributed by atoms with E-state index in [1.165, 1.54) is 44.1 Å². The van der Waals surface area contributed by atoms with Gasteiger partial charge in [-0.25, -0.2) is 0 Å². The molecule has 19 heavy (non-hydrogen) atoms. The Kier molecular flexibility index (Phi) is 11.9. The Morgan fingerprint density at radius 2 is 1.63 bits per heavy atom. The van der Waals surface area contributed by atoms with Gasteiger partial charge >= 0.3 is 0 Å². The molecule has 0 spiro atoms. The van der Waals surface area contributed by atoms with E-state index in [1.54, 1.807) is 0 Å². The van der Waals surface area contributed by atoms with E-state index in [0.29, 0.717) is 0 Å². The monoisotopic (exact) mass is 262 g/mol. The van der Waals surface area contributed by atoms with Crippen molar-refractivity contribution in [3.8, 4) is 11.8 Å². The second-order valence-corrected chi connectivity index (χ2v) is 6.01. The minimum atomic E-state index is 0.728. The summed E-state index contributed by atoms with van der Waals surface area (Å²) in [5, 5.41) is 0. The Labute approximate surface area is 122 Å². The predicted octanol–water partition coefficient (Wildman–Crippen LogP) is 6.37. The highest BCUT2D eigenvalue weighted by Gasteiger charge is 1.96. The summed E-state index contributed by atoms with van der Waals surface area (Å²) in [6.07, 6.45) is 12.2. The maximum atomic E-state index is 3.32. The third-order valence-corrected chi connectivity index (χ3v) is 3.91. The largest absolute Gasteiger partial charge is 0.103 e. The number of unbranched alkanes of at least 4 members (excludes halogenated alkanes) is 2. The van der Waals surface area contributed by atoms with Gasteiger partial charge in [0.2, 0.25) is 0 Å². The van der Waals surface area contributed by atoms with Crippen LogP contribution in [-0.4, -0.2) is 0 Å². The lowest BCUT2D eigenvalue weighted by Gasteiger charge is -2.05. The molecule has 0 heterocycles. The van der Waals surface area contributed by atoms with Gasteiger partial charge < -0.3 is 0 Å². The van der Waals surface area contributed by atoms with Crippen molar-refractivity contribution in [3.63, 3.8) is 0 Å². The summed E-state index contributed by atoms with van der Waals surface area (Å²) in [5.74, 6) is 8.24. The predicted molar refractivity (Wildman–Crippen MR) is 88.1 cm³/mol. The zero-order valence-electron chi connectivity index (χ0n) is 13.9. The van der Waals surface area contributed by atoms with E-state index in [0.717, 1.165) is 24.7 Å². The molecule has 0 saturated heterocycles. The number of hydrogen-bond acceptors (Lipinski definition) is 0. The molecule has 0 aliphatic carbocycles. The van der Waals surface area contributed by atoms with Crippen molar-refractivity contribution in [1.82, 2.24) is 0 Å². The molecule has 0 saturated carbocycles. The minimum absolute atomic E-state index is 0.728.